The zero-order valence-corrected chi connectivity index (χ0v) is 16.6. The molecule has 1 N–H and O–H groups in total. The summed E-state index contributed by atoms with van der Waals surface area (Å²) in [5.41, 5.74) is 10.0. The summed E-state index contributed by atoms with van der Waals surface area (Å²) in [6.45, 7) is 0.472. The van der Waals surface area contributed by atoms with Gasteiger partial charge in [-0.15, -0.1) is 0 Å². The summed E-state index contributed by atoms with van der Waals surface area (Å²) in [7, 11) is 1.58. The number of carbonyl (C=O) groups excluding carboxylic acids is 2. The number of hydrogen-bond donors (Lipinski definition) is 1. The van der Waals surface area contributed by atoms with Crippen molar-refractivity contribution in [2.24, 2.45) is 17.0 Å². The minimum absolute atomic E-state index is 0.208. The lowest BCUT2D eigenvalue weighted by Crippen LogP contribution is -2.52. The molecule has 1 fully saturated rings. The van der Waals surface area contributed by atoms with Crippen molar-refractivity contribution in [3.8, 4) is 0 Å². The highest BCUT2D eigenvalue weighted by atomic mass is 16.2. The molecule has 0 radical (unpaired) electrons. The van der Waals surface area contributed by atoms with Gasteiger partial charge in [-0.3, -0.25) is 9.59 Å². The summed E-state index contributed by atoms with van der Waals surface area (Å²) in [6, 6.07) is 8.24. The van der Waals surface area contributed by atoms with Gasteiger partial charge in [0.1, 0.15) is 12.1 Å². The molecular weight excluding hydrogens is 366 g/mol. The molecule has 1 heterocycles. The third-order valence-electron chi connectivity index (χ3n) is 5.84. The number of hydrogen-bond acceptors (Lipinski definition) is 3. The molecule has 0 aromatic heterocycles. The van der Waals surface area contributed by atoms with E-state index in [0.717, 1.165) is 18.4 Å². The average molecular weight is 393 g/mol. The molecule has 3 rings (SSSR count). The summed E-state index contributed by atoms with van der Waals surface area (Å²) in [6.07, 6.45) is 11.0. The second-order valence-corrected chi connectivity index (χ2v) is 7.57. The number of amides is 2. The Balaban J connectivity index is 1.87. The first kappa shape index (κ1) is 20.7. The first-order chi connectivity index (χ1) is 14.1. The summed E-state index contributed by atoms with van der Waals surface area (Å²) >= 11 is 0. The molecule has 2 amide bonds. The lowest BCUT2D eigenvalue weighted by Gasteiger charge is -2.31. The van der Waals surface area contributed by atoms with Gasteiger partial charge in [0.2, 0.25) is 11.8 Å². The van der Waals surface area contributed by atoms with Crippen LogP contribution in [-0.4, -0.2) is 42.4 Å². The molecule has 1 aromatic carbocycles. The van der Waals surface area contributed by atoms with Gasteiger partial charge in [-0.2, -0.15) is 0 Å². The highest BCUT2D eigenvalue weighted by molar-refractivity contribution is 5.90. The number of carbonyl (C=O) groups is 2. The highest BCUT2D eigenvalue weighted by Gasteiger charge is 2.38. The van der Waals surface area contributed by atoms with Crippen LogP contribution in [-0.2, 0) is 16.0 Å². The van der Waals surface area contributed by atoms with E-state index in [4.69, 9.17) is 5.53 Å². The van der Waals surface area contributed by atoms with E-state index in [2.05, 4.69) is 27.5 Å². The quantitative estimate of drug-likeness (QED) is 0.455. The van der Waals surface area contributed by atoms with E-state index in [0.29, 0.717) is 25.3 Å². The third kappa shape index (κ3) is 5.06. The monoisotopic (exact) mass is 393 g/mol. The fourth-order valence-corrected chi connectivity index (χ4v) is 4.27. The van der Waals surface area contributed by atoms with Crippen LogP contribution in [0.4, 0.5) is 0 Å². The number of rotatable bonds is 6. The average Bonchev–Trinajstić information content (AvgIpc) is 2.92. The number of likely N-dealkylation sites (tertiary alicyclic amines) is 1. The van der Waals surface area contributed by atoms with E-state index in [1.54, 1.807) is 11.9 Å². The molecule has 1 aliphatic heterocycles. The Kier molecular flexibility index (Phi) is 7.09. The number of azide groups is 1. The van der Waals surface area contributed by atoms with E-state index in [-0.39, 0.29) is 17.7 Å². The predicted octanol–water partition coefficient (Wildman–Crippen LogP) is 3.39. The number of likely N-dealkylation sites (N-methyl/N-ethyl adjacent to an activating group) is 1. The topological polar surface area (TPSA) is 98.2 Å². The second kappa shape index (κ2) is 9.94. The van der Waals surface area contributed by atoms with E-state index < -0.39 is 12.1 Å². The maximum absolute atomic E-state index is 13.3. The number of benzene rings is 1. The third-order valence-corrected chi connectivity index (χ3v) is 5.84. The van der Waals surface area contributed by atoms with Gasteiger partial charge in [0.05, 0.1) is 0 Å². The predicted molar refractivity (Wildman–Crippen MR) is 112 cm³/mol. The lowest BCUT2D eigenvalue weighted by molar-refractivity contribution is -0.140. The molecule has 29 heavy (non-hydrogen) atoms. The van der Waals surface area contributed by atoms with Crippen LogP contribution < -0.4 is 5.32 Å². The smallest absolute Gasteiger partial charge is 0.242 e. The van der Waals surface area contributed by atoms with Crippen LogP contribution in [0.5, 0.6) is 0 Å². The van der Waals surface area contributed by atoms with Gasteiger partial charge < -0.3 is 10.2 Å². The van der Waals surface area contributed by atoms with Crippen molar-refractivity contribution in [2.75, 3.05) is 13.6 Å². The summed E-state index contributed by atoms with van der Waals surface area (Å²) in [5.74, 6) is 0.0745. The molecule has 1 aromatic rings. The molecule has 4 atom stereocenters. The van der Waals surface area contributed by atoms with Gasteiger partial charge in [0.25, 0.3) is 0 Å². The molecule has 1 saturated heterocycles. The largest absolute Gasteiger partial charge is 0.357 e. The van der Waals surface area contributed by atoms with E-state index in [9.17, 15) is 9.59 Å². The molecule has 2 aliphatic rings. The maximum atomic E-state index is 13.3. The van der Waals surface area contributed by atoms with Crippen molar-refractivity contribution < 1.29 is 9.59 Å². The highest BCUT2D eigenvalue weighted by Crippen LogP contribution is 2.33. The summed E-state index contributed by atoms with van der Waals surface area (Å²) in [5, 5.41) is 6.50. The Morgan fingerprint density at radius 1 is 1.34 bits per heavy atom. The number of nitrogens with zero attached hydrogens (tertiary/aromatic N) is 4. The first-order valence-corrected chi connectivity index (χ1v) is 10.1. The molecule has 152 valence electrons. The molecule has 7 nitrogen and oxygen atoms in total. The molecule has 2 unspecified atom stereocenters. The van der Waals surface area contributed by atoms with E-state index in [1.807, 2.05) is 42.5 Å². The Hall–Kier alpha value is -3.05. The van der Waals surface area contributed by atoms with Crippen molar-refractivity contribution in [1.82, 2.24) is 10.2 Å². The molecular formula is C22H27N5O2. The van der Waals surface area contributed by atoms with E-state index >= 15 is 0 Å². The fourth-order valence-electron chi connectivity index (χ4n) is 4.27. The van der Waals surface area contributed by atoms with Gasteiger partial charge in [-0.25, -0.2) is 0 Å². The Bertz CT molecular complexity index is 829. The minimum Gasteiger partial charge on any atom is -0.357 e. The van der Waals surface area contributed by atoms with Gasteiger partial charge in [-0.1, -0.05) is 59.8 Å². The van der Waals surface area contributed by atoms with Gasteiger partial charge >= 0.3 is 0 Å². The van der Waals surface area contributed by atoms with Crippen molar-refractivity contribution in [3.05, 3.63) is 70.6 Å². The molecule has 0 spiro atoms. The van der Waals surface area contributed by atoms with E-state index in [1.165, 1.54) is 0 Å². The Morgan fingerprint density at radius 3 is 2.79 bits per heavy atom. The first-order valence-electron chi connectivity index (χ1n) is 10.1. The van der Waals surface area contributed by atoms with Crippen LogP contribution in [0.2, 0.25) is 0 Å². The summed E-state index contributed by atoms with van der Waals surface area (Å²) in [4.78, 5) is 30.5. The van der Waals surface area contributed by atoms with Crippen molar-refractivity contribution in [1.29, 1.82) is 0 Å². The normalized spacial score (nSPS) is 25.1. The van der Waals surface area contributed by atoms with Crippen LogP contribution >= 0.6 is 0 Å². The van der Waals surface area contributed by atoms with Gasteiger partial charge in [0.15, 0.2) is 0 Å². The van der Waals surface area contributed by atoms with Crippen LogP contribution in [0, 0.1) is 11.8 Å². The lowest BCUT2D eigenvalue weighted by atomic mass is 9.81. The SMILES string of the molecule is CNC(=O)[C@H](Cc1ccccc1)N1CC[C@@H](C2C=CC=CC2)CC(N=[N+]=[N-])C1=O. The van der Waals surface area contributed by atoms with Gasteiger partial charge in [-0.05, 0) is 42.2 Å². The zero-order chi connectivity index (χ0) is 20.6. The molecule has 0 bridgehead atoms. The molecule has 0 saturated carbocycles. The second-order valence-electron chi connectivity index (χ2n) is 7.57. The fraction of sp³-hybridized carbons (Fsp3) is 0.455. The standard InChI is InChI=1S/C22H27N5O2/c1-24-21(28)20(14-16-8-4-2-5-9-16)27-13-12-18(17-10-6-3-7-11-17)15-19(22(27)29)25-26-23/h2-10,17-20H,11-15H2,1H3,(H,24,28)/t17?,18-,19?,20+/m1/s1. The Labute approximate surface area is 171 Å². The zero-order valence-electron chi connectivity index (χ0n) is 16.6. The maximum Gasteiger partial charge on any atom is 0.242 e. The van der Waals surface area contributed by atoms with Crippen LogP contribution in [0.25, 0.3) is 10.4 Å². The number of nitrogens with one attached hydrogen (secondary N) is 1. The van der Waals surface area contributed by atoms with Crippen LogP contribution in [0.3, 0.4) is 0 Å². The summed E-state index contributed by atoms with van der Waals surface area (Å²) < 4.78 is 0. The van der Waals surface area contributed by atoms with Crippen LogP contribution in [0.15, 0.2) is 59.8 Å². The minimum atomic E-state index is -0.783. The number of allylic oxidation sites excluding steroid dienone is 4. The molecule has 1 aliphatic carbocycles. The van der Waals surface area contributed by atoms with Gasteiger partial charge in [0, 0.05) is 24.9 Å². The Morgan fingerprint density at radius 2 is 2.14 bits per heavy atom. The van der Waals surface area contributed by atoms with Crippen LogP contribution in [0.1, 0.15) is 24.8 Å². The van der Waals surface area contributed by atoms with Crippen molar-refractivity contribution >= 4 is 11.8 Å². The van der Waals surface area contributed by atoms with Crippen molar-refractivity contribution in [2.45, 2.75) is 37.8 Å². The van der Waals surface area contributed by atoms with Crippen molar-refractivity contribution in [3.63, 3.8) is 0 Å². The molecule has 7 heteroatoms.